The lowest BCUT2D eigenvalue weighted by Crippen LogP contribution is -2.41. The zero-order chi connectivity index (χ0) is 14.8. The molecule has 1 heterocycles. The van der Waals surface area contributed by atoms with Crippen molar-refractivity contribution in [2.24, 2.45) is 11.8 Å². The summed E-state index contributed by atoms with van der Waals surface area (Å²) < 4.78 is 10.5. The molecule has 0 aromatic heterocycles. The van der Waals surface area contributed by atoms with Crippen LogP contribution in [0.1, 0.15) is 33.1 Å². The number of hydrogen-bond donors (Lipinski definition) is 1. The molecule has 0 saturated carbocycles. The molecular weight excluding hydrogens is 252 g/mol. The minimum atomic E-state index is 0.465. The monoisotopic (exact) mass is 286 g/mol. The molecule has 0 spiro atoms. The molecule has 4 heteroatoms. The number of piperidine rings is 1. The van der Waals surface area contributed by atoms with Crippen molar-refractivity contribution in [3.8, 4) is 0 Å². The average Bonchev–Trinajstić information content (AvgIpc) is 2.48. The van der Waals surface area contributed by atoms with E-state index in [4.69, 9.17) is 9.47 Å². The Bertz CT molecular complexity index is 233. The minimum Gasteiger partial charge on any atom is -0.383 e. The Morgan fingerprint density at radius 1 is 1.20 bits per heavy atom. The fourth-order valence-electron chi connectivity index (χ4n) is 3.08. The van der Waals surface area contributed by atoms with Gasteiger partial charge in [-0.25, -0.2) is 0 Å². The van der Waals surface area contributed by atoms with E-state index < -0.39 is 0 Å². The predicted molar refractivity (Wildman–Crippen MR) is 84.2 cm³/mol. The van der Waals surface area contributed by atoms with E-state index in [1.165, 1.54) is 32.4 Å². The van der Waals surface area contributed by atoms with Crippen LogP contribution in [0.15, 0.2) is 0 Å². The van der Waals surface area contributed by atoms with Crippen LogP contribution in [0.5, 0.6) is 0 Å². The first-order valence-electron chi connectivity index (χ1n) is 8.11. The number of rotatable bonds is 10. The molecule has 1 aliphatic heterocycles. The van der Waals surface area contributed by atoms with Gasteiger partial charge in [-0.05, 0) is 57.7 Å². The predicted octanol–water partition coefficient (Wildman–Crippen LogP) is 2.00. The van der Waals surface area contributed by atoms with Crippen LogP contribution >= 0.6 is 0 Å². The molecule has 1 saturated heterocycles. The van der Waals surface area contributed by atoms with E-state index in [0.717, 1.165) is 38.1 Å². The van der Waals surface area contributed by atoms with Crippen molar-refractivity contribution < 1.29 is 9.47 Å². The number of nitrogens with one attached hydrogen (secondary N) is 1. The molecular formula is C16H34N2O2. The van der Waals surface area contributed by atoms with Crippen LogP contribution < -0.4 is 5.32 Å². The number of hydrogen-bond acceptors (Lipinski definition) is 4. The lowest BCUT2D eigenvalue weighted by atomic mass is 9.85. The summed E-state index contributed by atoms with van der Waals surface area (Å²) in [7, 11) is 3.55. The molecule has 1 aliphatic rings. The number of methoxy groups -OCH3 is 2. The zero-order valence-electron chi connectivity index (χ0n) is 13.9. The van der Waals surface area contributed by atoms with Gasteiger partial charge in [-0.2, -0.15) is 0 Å². The Hall–Kier alpha value is -0.160. The summed E-state index contributed by atoms with van der Waals surface area (Å²) >= 11 is 0. The van der Waals surface area contributed by atoms with E-state index in [2.05, 4.69) is 24.1 Å². The third-order valence-corrected chi connectivity index (χ3v) is 4.63. The maximum atomic E-state index is 5.30. The zero-order valence-corrected chi connectivity index (χ0v) is 13.9. The lowest BCUT2D eigenvalue weighted by Gasteiger charge is -2.32. The first kappa shape index (κ1) is 17.9. The molecule has 0 aromatic rings. The van der Waals surface area contributed by atoms with E-state index in [0.29, 0.717) is 6.04 Å². The fourth-order valence-corrected chi connectivity index (χ4v) is 3.08. The number of ether oxygens (including phenoxy) is 2. The van der Waals surface area contributed by atoms with Crippen molar-refractivity contribution in [1.82, 2.24) is 10.2 Å². The molecule has 0 amide bonds. The molecule has 0 aromatic carbocycles. The molecule has 0 bridgehead atoms. The maximum Gasteiger partial charge on any atom is 0.0615 e. The smallest absolute Gasteiger partial charge is 0.0615 e. The van der Waals surface area contributed by atoms with Crippen molar-refractivity contribution in [2.45, 2.75) is 39.2 Å². The highest BCUT2D eigenvalue weighted by molar-refractivity contribution is 4.76. The maximum absolute atomic E-state index is 5.30. The lowest BCUT2D eigenvalue weighted by molar-refractivity contribution is 0.0691. The third-order valence-electron chi connectivity index (χ3n) is 4.63. The largest absolute Gasteiger partial charge is 0.383 e. The van der Waals surface area contributed by atoms with Gasteiger partial charge in [0.15, 0.2) is 0 Å². The molecule has 3 atom stereocenters. The Labute approximate surface area is 125 Å². The van der Waals surface area contributed by atoms with Gasteiger partial charge in [0.25, 0.3) is 0 Å². The van der Waals surface area contributed by atoms with E-state index in [9.17, 15) is 0 Å². The van der Waals surface area contributed by atoms with Gasteiger partial charge in [-0.15, -0.1) is 0 Å². The highest BCUT2D eigenvalue weighted by Gasteiger charge is 2.21. The first-order chi connectivity index (χ1) is 9.69. The van der Waals surface area contributed by atoms with Crippen molar-refractivity contribution in [3.05, 3.63) is 0 Å². The standard InChI is InChI=1S/C16H34N2O2/c1-14(16-6-5-8-17-12-16)7-9-18(10-11-19-3)15(2)13-20-4/h14-17H,5-13H2,1-4H3. The third kappa shape index (κ3) is 6.53. The highest BCUT2D eigenvalue weighted by atomic mass is 16.5. The van der Waals surface area contributed by atoms with E-state index in [-0.39, 0.29) is 0 Å². The first-order valence-corrected chi connectivity index (χ1v) is 8.11. The summed E-state index contributed by atoms with van der Waals surface area (Å²) in [5, 5.41) is 3.53. The van der Waals surface area contributed by atoms with Crippen LogP contribution in [0.2, 0.25) is 0 Å². The van der Waals surface area contributed by atoms with Crippen molar-refractivity contribution in [2.75, 3.05) is 53.6 Å². The average molecular weight is 286 g/mol. The van der Waals surface area contributed by atoms with Crippen LogP contribution in [0.4, 0.5) is 0 Å². The summed E-state index contributed by atoms with van der Waals surface area (Å²) in [4.78, 5) is 2.50. The molecule has 120 valence electrons. The Morgan fingerprint density at radius 2 is 2.00 bits per heavy atom. The van der Waals surface area contributed by atoms with Gasteiger partial charge in [0, 0.05) is 26.8 Å². The second kappa shape index (κ2) is 10.6. The molecule has 0 aliphatic carbocycles. The molecule has 4 nitrogen and oxygen atoms in total. The van der Waals surface area contributed by atoms with Gasteiger partial charge in [-0.3, -0.25) is 4.90 Å². The quantitative estimate of drug-likeness (QED) is 0.666. The minimum absolute atomic E-state index is 0.465. The van der Waals surface area contributed by atoms with Gasteiger partial charge in [0.2, 0.25) is 0 Å². The Kier molecular flexibility index (Phi) is 9.44. The SMILES string of the molecule is COCCN(CCC(C)C1CCCNC1)C(C)COC. The summed E-state index contributed by atoms with van der Waals surface area (Å²) in [5.74, 6) is 1.65. The van der Waals surface area contributed by atoms with Gasteiger partial charge in [-0.1, -0.05) is 6.92 Å². The Balaban J connectivity index is 2.34. The normalized spacial score (nSPS) is 22.9. The van der Waals surface area contributed by atoms with Crippen LogP contribution in [-0.4, -0.2) is 64.6 Å². The van der Waals surface area contributed by atoms with E-state index in [1.807, 2.05) is 0 Å². The van der Waals surface area contributed by atoms with Crippen molar-refractivity contribution >= 4 is 0 Å². The second-order valence-electron chi connectivity index (χ2n) is 6.21. The van der Waals surface area contributed by atoms with E-state index >= 15 is 0 Å². The van der Waals surface area contributed by atoms with Crippen molar-refractivity contribution in [1.29, 1.82) is 0 Å². The van der Waals surface area contributed by atoms with Crippen LogP contribution in [0, 0.1) is 11.8 Å². The van der Waals surface area contributed by atoms with E-state index in [1.54, 1.807) is 14.2 Å². The summed E-state index contributed by atoms with van der Waals surface area (Å²) in [6.07, 6.45) is 3.99. The van der Waals surface area contributed by atoms with Gasteiger partial charge in [0.05, 0.1) is 13.2 Å². The molecule has 1 fully saturated rings. The highest BCUT2D eigenvalue weighted by Crippen LogP contribution is 2.23. The van der Waals surface area contributed by atoms with Crippen LogP contribution in [0.3, 0.4) is 0 Å². The van der Waals surface area contributed by atoms with Crippen molar-refractivity contribution in [3.63, 3.8) is 0 Å². The number of nitrogens with zero attached hydrogens (tertiary/aromatic N) is 1. The summed E-state index contributed by atoms with van der Waals surface area (Å²) in [5.41, 5.74) is 0. The fraction of sp³-hybridized carbons (Fsp3) is 1.00. The van der Waals surface area contributed by atoms with Gasteiger partial charge in [0.1, 0.15) is 0 Å². The molecule has 20 heavy (non-hydrogen) atoms. The molecule has 0 radical (unpaired) electrons. The van der Waals surface area contributed by atoms with Crippen LogP contribution in [0.25, 0.3) is 0 Å². The second-order valence-corrected chi connectivity index (χ2v) is 6.21. The van der Waals surface area contributed by atoms with Gasteiger partial charge < -0.3 is 14.8 Å². The topological polar surface area (TPSA) is 33.7 Å². The van der Waals surface area contributed by atoms with Crippen LogP contribution in [-0.2, 0) is 9.47 Å². The molecule has 3 unspecified atom stereocenters. The summed E-state index contributed by atoms with van der Waals surface area (Å²) in [6.45, 7) is 10.8. The molecule has 1 N–H and O–H groups in total. The summed E-state index contributed by atoms with van der Waals surface area (Å²) in [6, 6.07) is 0.465. The molecule has 1 rings (SSSR count). The van der Waals surface area contributed by atoms with Gasteiger partial charge >= 0.3 is 0 Å². The Morgan fingerprint density at radius 3 is 2.60 bits per heavy atom.